The molecule has 2 heterocycles. The average molecular weight is 426 g/mol. The van der Waals surface area contributed by atoms with Crippen molar-refractivity contribution in [1.82, 2.24) is 15.0 Å². The van der Waals surface area contributed by atoms with Crippen LogP contribution in [0.5, 0.6) is 0 Å². The van der Waals surface area contributed by atoms with Gasteiger partial charge in [0.2, 0.25) is 11.9 Å². The molecule has 0 spiro atoms. The topological polar surface area (TPSA) is 149 Å². The maximum Gasteiger partial charge on any atom is 0.254 e. The number of hydrogen-bond acceptors (Lipinski definition) is 8. The van der Waals surface area contributed by atoms with Crippen molar-refractivity contribution in [3.05, 3.63) is 46.9 Å². The average Bonchev–Trinajstić information content (AvgIpc) is 3.22. The van der Waals surface area contributed by atoms with E-state index in [2.05, 4.69) is 25.6 Å². The first-order valence-electron chi connectivity index (χ1n) is 9.32. The number of nitrogens with zero attached hydrogens (tertiary/aromatic N) is 3. The Bertz CT molecular complexity index is 1020. The molecule has 0 saturated carbocycles. The molecule has 0 aliphatic rings. The summed E-state index contributed by atoms with van der Waals surface area (Å²) in [6.45, 7) is 3.97. The molecule has 2 aromatic heterocycles. The summed E-state index contributed by atoms with van der Waals surface area (Å²) in [7, 11) is 0. The van der Waals surface area contributed by atoms with Gasteiger partial charge in [0.25, 0.3) is 5.91 Å². The smallest absolute Gasteiger partial charge is 0.254 e. The monoisotopic (exact) mass is 425 g/mol. The van der Waals surface area contributed by atoms with E-state index in [-0.39, 0.29) is 23.2 Å². The minimum atomic E-state index is -0.670. The Labute approximate surface area is 178 Å². The quantitative estimate of drug-likeness (QED) is 0.412. The minimum absolute atomic E-state index is 0.128. The second-order valence-electron chi connectivity index (χ2n) is 7.13. The lowest BCUT2D eigenvalue weighted by atomic mass is 10.0. The van der Waals surface area contributed by atoms with E-state index < -0.39 is 17.9 Å². The third kappa shape index (κ3) is 5.29. The van der Waals surface area contributed by atoms with E-state index in [1.807, 2.05) is 43.5 Å². The summed E-state index contributed by atoms with van der Waals surface area (Å²) in [5.74, 6) is -0.524. The molecule has 0 fully saturated rings. The Morgan fingerprint density at radius 2 is 1.87 bits per heavy atom. The van der Waals surface area contributed by atoms with Gasteiger partial charge in [-0.15, -0.1) is 11.3 Å². The lowest BCUT2D eigenvalue weighted by Gasteiger charge is -2.18. The van der Waals surface area contributed by atoms with Crippen molar-refractivity contribution in [1.29, 1.82) is 0 Å². The molecule has 1 atom stereocenters. The molecule has 0 aliphatic carbocycles. The van der Waals surface area contributed by atoms with Crippen molar-refractivity contribution in [2.24, 2.45) is 17.4 Å². The summed E-state index contributed by atoms with van der Waals surface area (Å²) in [4.78, 5) is 36.3. The Kier molecular flexibility index (Phi) is 6.58. The molecule has 10 heteroatoms. The van der Waals surface area contributed by atoms with Gasteiger partial charge in [-0.05, 0) is 24.5 Å². The fraction of sp³-hybridized carbons (Fsp3) is 0.250. The first kappa shape index (κ1) is 21.2. The Balaban J connectivity index is 1.84. The first-order chi connectivity index (χ1) is 14.3. The number of thiazole rings is 1. The van der Waals surface area contributed by atoms with Crippen LogP contribution in [0.4, 0.5) is 17.5 Å². The molecular weight excluding hydrogens is 402 g/mol. The molecule has 30 heavy (non-hydrogen) atoms. The van der Waals surface area contributed by atoms with Crippen molar-refractivity contribution in [2.75, 3.05) is 10.6 Å². The predicted octanol–water partition coefficient (Wildman–Crippen LogP) is 2.75. The third-order valence-electron chi connectivity index (χ3n) is 4.28. The van der Waals surface area contributed by atoms with E-state index in [9.17, 15) is 9.59 Å². The number of aromatic nitrogens is 3. The van der Waals surface area contributed by atoms with Crippen LogP contribution < -0.4 is 22.1 Å². The highest BCUT2D eigenvalue weighted by Gasteiger charge is 2.19. The summed E-state index contributed by atoms with van der Waals surface area (Å²) in [5, 5.41) is 7.98. The number of nitrogens with two attached hydrogens (primary N) is 2. The Hall–Kier alpha value is -3.53. The molecule has 0 bridgehead atoms. The number of amides is 2. The lowest BCUT2D eigenvalue weighted by molar-refractivity contribution is -0.119. The van der Waals surface area contributed by atoms with Gasteiger partial charge in [0, 0.05) is 22.8 Å². The van der Waals surface area contributed by atoms with Crippen LogP contribution in [-0.2, 0) is 4.79 Å². The van der Waals surface area contributed by atoms with Gasteiger partial charge in [-0.3, -0.25) is 9.59 Å². The van der Waals surface area contributed by atoms with Crippen LogP contribution in [0.15, 0.2) is 41.4 Å². The maximum absolute atomic E-state index is 11.8. The second-order valence-corrected chi connectivity index (χ2v) is 7.84. The third-order valence-corrected chi connectivity index (χ3v) is 4.87. The molecule has 0 radical (unpaired) electrons. The van der Waals surface area contributed by atoms with E-state index in [0.29, 0.717) is 12.1 Å². The van der Waals surface area contributed by atoms with Gasteiger partial charge in [0.15, 0.2) is 0 Å². The minimum Gasteiger partial charge on any atom is -0.368 e. The van der Waals surface area contributed by atoms with E-state index in [0.717, 1.165) is 11.3 Å². The molecular formula is C20H23N7O2S. The number of nitrogens with one attached hydrogen (secondary N) is 2. The van der Waals surface area contributed by atoms with Crippen molar-refractivity contribution >= 4 is 40.6 Å². The van der Waals surface area contributed by atoms with Gasteiger partial charge in [-0.25, -0.2) is 9.97 Å². The number of rotatable bonds is 9. The van der Waals surface area contributed by atoms with Gasteiger partial charge < -0.3 is 22.1 Å². The Morgan fingerprint density at radius 1 is 1.13 bits per heavy atom. The summed E-state index contributed by atoms with van der Waals surface area (Å²) in [6, 6.07) is 6.88. The second kappa shape index (κ2) is 9.31. The van der Waals surface area contributed by atoms with E-state index >= 15 is 0 Å². The molecule has 2 amide bonds. The van der Waals surface area contributed by atoms with E-state index in [1.165, 1.54) is 17.5 Å². The molecule has 1 unspecified atom stereocenters. The molecule has 9 nitrogen and oxygen atoms in total. The fourth-order valence-electron chi connectivity index (χ4n) is 2.82. The highest BCUT2D eigenvalue weighted by atomic mass is 32.1. The number of hydrogen-bond donors (Lipinski definition) is 4. The van der Waals surface area contributed by atoms with Gasteiger partial charge >= 0.3 is 0 Å². The van der Waals surface area contributed by atoms with E-state index in [1.54, 1.807) is 5.51 Å². The van der Waals surface area contributed by atoms with Crippen molar-refractivity contribution in [3.63, 3.8) is 0 Å². The SMILES string of the molecule is CC(C)CC(Nc1ncc(C(N)=O)c(Nc2ccc(-c3cscn3)cc2)n1)C(N)=O. The molecule has 1 aromatic carbocycles. The van der Waals surface area contributed by atoms with Crippen molar-refractivity contribution in [2.45, 2.75) is 26.3 Å². The van der Waals surface area contributed by atoms with Gasteiger partial charge in [0.1, 0.15) is 17.4 Å². The molecule has 156 valence electrons. The standard InChI is InChI=1S/C20H23N7O2S/c1-11(2)7-15(18(22)29)26-20-23-8-14(17(21)28)19(27-20)25-13-5-3-12(4-6-13)16-9-30-10-24-16/h3-6,8-11,15H,7H2,1-2H3,(H2,21,28)(H2,22,29)(H2,23,25,26,27). The highest BCUT2D eigenvalue weighted by Crippen LogP contribution is 2.24. The number of anilines is 3. The van der Waals surface area contributed by atoms with Crippen LogP contribution in [0, 0.1) is 5.92 Å². The molecule has 0 aliphatic heterocycles. The van der Waals surface area contributed by atoms with Gasteiger partial charge in [-0.2, -0.15) is 4.98 Å². The van der Waals surface area contributed by atoms with Crippen molar-refractivity contribution < 1.29 is 9.59 Å². The maximum atomic E-state index is 11.8. The normalized spacial score (nSPS) is 11.8. The number of carbonyl (C=O) groups is 2. The van der Waals surface area contributed by atoms with Gasteiger partial charge in [-0.1, -0.05) is 26.0 Å². The zero-order valence-electron chi connectivity index (χ0n) is 16.6. The number of primary amides is 2. The largest absolute Gasteiger partial charge is 0.368 e. The van der Waals surface area contributed by atoms with Crippen LogP contribution in [0.1, 0.15) is 30.6 Å². The highest BCUT2D eigenvalue weighted by molar-refractivity contribution is 7.07. The number of benzene rings is 1. The first-order valence-corrected chi connectivity index (χ1v) is 10.3. The van der Waals surface area contributed by atoms with Crippen LogP contribution in [0.2, 0.25) is 0 Å². The summed E-state index contributed by atoms with van der Waals surface area (Å²) >= 11 is 1.52. The summed E-state index contributed by atoms with van der Waals surface area (Å²) in [6.07, 6.45) is 1.84. The van der Waals surface area contributed by atoms with Crippen LogP contribution >= 0.6 is 11.3 Å². The molecule has 6 N–H and O–H groups in total. The number of carbonyl (C=O) groups excluding carboxylic acids is 2. The molecule has 3 rings (SSSR count). The Morgan fingerprint density at radius 3 is 2.43 bits per heavy atom. The zero-order chi connectivity index (χ0) is 21.7. The molecule has 0 saturated heterocycles. The lowest BCUT2D eigenvalue weighted by Crippen LogP contribution is -2.37. The zero-order valence-corrected chi connectivity index (χ0v) is 17.4. The fourth-order valence-corrected chi connectivity index (χ4v) is 3.38. The van der Waals surface area contributed by atoms with Crippen molar-refractivity contribution in [3.8, 4) is 11.3 Å². The van der Waals surface area contributed by atoms with E-state index in [4.69, 9.17) is 11.5 Å². The van der Waals surface area contributed by atoms with Gasteiger partial charge in [0.05, 0.1) is 11.2 Å². The van der Waals surface area contributed by atoms with Crippen LogP contribution in [0.25, 0.3) is 11.3 Å². The summed E-state index contributed by atoms with van der Waals surface area (Å²) in [5.41, 5.74) is 15.4. The van der Waals surface area contributed by atoms with Crippen LogP contribution in [0.3, 0.4) is 0 Å². The molecule has 3 aromatic rings. The predicted molar refractivity (Wildman–Crippen MR) is 117 cm³/mol. The van der Waals surface area contributed by atoms with Crippen LogP contribution in [-0.4, -0.2) is 32.8 Å². The summed E-state index contributed by atoms with van der Waals surface area (Å²) < 4.78 is 0.